The molecule has 2 aromatic rings. The highest BCUT2D eigenvalue weighted by Gasteiger charge is 2.45. The highest BCUT2D eigenvalue weighted by Crippen LogP contribution is 2.41. The highest BCUT2D eigenvalue weighted by atomic mass is 32.2. The van der Waals surface area contributed by atoms with Gasteiger partial charge < -0.3 is 9.16 Å². The maximum atomic E-state index is 12.7. The molecule has 3 atom stereocenters. The summed E-state index contributed by atoms with van der Waals surface area (Å²) in [4.78, 5) is 26.0. The van der Waals surface area contributed by atoms with Gasteiger partial charge in [0.1, 0.15) is 12.3 Å². The van der Waals surface area contributed by atoms with Crippen LogP contribution in [-0.2, 0) is 23.5 Å². The van der Waals surface area contributed by atoms with Gasteiger partial charge in [-0.2, -0.15) is 8.42 Å². The van der Waals surface area contributed by atoms with Gasteiger partial charge >= 0.3 is 5.69 Å². The van der Waals surface area contributed by atoms with Crippen molar-refractivity contribution in [2.75, 3.05) is 6.61 Å². The van der Waals surface area contributed by atoms with Gasteiger partial charge in [0.2, 0.25) is 0 Å². The lowest BCUT2D eigenvalue weighted by molar-refractivity contribution is -0.0379. The van der Waals surface area contributed by atoms with Gasteiger partial charge in [0.05, 0.1) is 17.6 Å². The third-order valence-electron chi connectivity index (χ3n) is 6.29. The topological polar surface area (TPSA) is 117 Å². The summed E-state index contributed by atoms with van der Waals surface area (Å²) in [6, 6.07) is 7.62. The Bertz CT molecular complexity index is 1200. The van der Waals surface area contributed by atoms with Crippen LogP contribution in [0.1, 0.15) is 39.0 Å². The second-order valence-electron chi connectivity index (χ2n) is 9.85. The fourth-order valence-electron chi connectivity index (χ4n) is 3.28. The quantitative estimate of drug-likeness (QED) is 0.463. The van der Waals surface area contributed by atoms with E-state index in [1.165, 1.54) is 29.0 Å². The number of hydrogen-bond acceptors (Lipinski definition) is 7. The van der Waals surface area contributed by atoms with Crippen molar-refractivity contribution < 1.29 is 21.8 Å². The van der Waals surface area contributed by atoms with Gasteiger partial charge in [-0.05, 0) is 37.2 Å². The van der Waals surface area contributed by atoms with Gasteiger partial charge in [0.25, 0.3) is 15.7 Å². The number of aryl methyl sites for hydroxylation is 1. The van der Waals surface area contributed by atoms with Crippen LogP contribution < -0.4 is 11.2 Å². The van der Waals surface area contributed by atoms with E-state index in [-0.39, 0.29) is 16.5 Å². The molecule has 0 aliphatic carbocycles. The summed E-state index contributed by atoms with van der Waals surface area (Å²) in [5.74, 6) is 0. The molecule has 0 saturated carbocycles. The number of H-pyrrole nitrogens is 1. The minimum atomic E-state index is -4.00. The number of benzene rings is 1. The van der Waals surface area contributed by atoms with Crippen molar-refractivity contribution in [3.63, 3.8) is 0 Å². The van der Waals surface area contributed by atoms with E-state index in [0.717, 1.165) is 5.56 Å². The first kappa shape index (κ1) is 25.6. The van der Waals surface area contributed by atoms with Crippen LogP contribution in [0.5, 0.6) is 0 Å². The fraction of sp³-hybridized carbons (Fsp3) is 0.545. The molecule has 9 nitrogen and oxygen atoms in total. The van der Waals surface area contributed by atoms with E-state index < -0.39 is 48.1 Å². The number of aromatic nitrogens is 2. The number of ether oxygens (including phenoxy) is 1. The SMILES string of the molecule is Cc1ccc(S(=O)(=O)OC[C@H]2O[C@@H](n3ccc(=O)[nH]c3=O)C[C@@H]2O[Si](C)(C)C(C)(C)C)cc1. The molecule has 33 heavy (non-hydrogen) atoms. The average Bonchev–Trinajstić information content (AvgIpc) is 3.07. The predicted molar refractivity (Wildman–Crippen MR) is 126 cm³/mol. The van der Waals surface area contributed by atoms with Crippen LogP contribution in [0.15, 0.2) is 51.0 Å². The van der Waals surface area contributed by atoms with E-state index in [0.29, 0.717) is 6.42 Å². The Morgan fingerprint density at radius 1 is 1.15 bits per heavy atom. The largest absolute Gasteiger partial charge is 0.411 e. The third kappa shape index (κ3) is 5.90. The van der Waals surface area contributed by atoms with Crippen LogP contribution in [0.2, 0.25) is 18.1 Å². The van der Waals surface area contributed by atoms with Crippen molar-refractivity contribution in [2.24, 2.45) is 0 Å². The molecule has 0 bridgehead atoms. The minimum absolute atomic E-state index is 0.0568. The molecule has 2 heterocycles. The molecular formula is C22H32N2O7SSi. The van der Waals surface area contributed by atoms with Crippen LogP contribution in [0.4, 0.5) is 0 Å². The lowest BCUT2D eigenvalue weighted by Crippen LogP contribution is -2.46. The zero-order chi connectivity index (χ0) is 24.6. The van der Waals surface area contributed by atoms with Gasteiger partial charge in [-0.3, -0.25) is 18.5 Å². The molecule has 1 aliphatic heterocycles. The van der Waals surface area contributed by atoms with Crippen molar-refractivity contribution in [2.45, 2.75) is 75.6 Å². The third-order valence-corrected chi connectivity index (χ3v) is 12.1. The molecule has 1 saturated heterocycles. The molecule has 1 fully saturated rings. The zero-order valence-electron chi connectivity index (χ0n) is 19.8. The molecule has 0 unspecified atom stereocenters. The Morgan fingerprint density at radius 2 is 1.79 bits per heavy atom. The summed E-state index contributed by atoms with van der Waals surface area (Å²) < 4.78 is 44.6. The molecule has 1 N–H and O–H groups in total. The second kappa shape index (κ2) is 9.30. The maximum absolute atomic E-state index is 12.7. The molecule has 0 amide bonds. The van der Waals surface area contributed by atoms with Crippen LogP contribution in [0.25, 0.3) is 0 Å². The molecule has 1 aliphatic rings. The molecule has 182 valence electrons. The molecular weight excluding hydrogens is 464 g/mol. The van der Waals surface area contributed by atoms with E-state index in [1.54, 1.807) is 12.1 Å². The molecule has 0 spiro atoms. The van der Waals surface area contributed by atoms with Gasteiger partial charge in [-0.25, -0.2) is 4.79 Å². The Labute approximate surface area is 195 Å². The van der Waals surface area contributed by atoms with Gasteiger partial charge in [-0.1, -0.05) is 38.5 Å². The summed E-state index contributed by atoms with van der Waals surface area (Å²) in [7, 11) is -6.24. The van der Waals surface area contributed by atoms with Gasteiger partial charge in [0, 0.05) is 18.7 Å². The number of aromatic amines is 1. The summed E-state index contributed by atoms with van der Waals surface area (Å²) in [6.07, 6.45) is -0.246. The fourth-order valence-corrected chi connectivity index (χ4v) is 5.56. The van der Waals surface area contributed by atoms with Crippen LogP contribution in [-0.4, -0.2) is 45.1 Å². The molecule has 1 aromatic heterocycles. The molecule has 3 rings (SSSR count). The van der Waals surface area contributed by atoms with Crippen molar-refractivity contribution in [3.8, 4) is 0 Å². The first-order valence-electron chi connectivity index (χ1n) is 10.8. The van der Waals surface area contributed by atoms with E-state index in [9.17, 15) is 18.0 Å². The number of rotatable bonds is 7. The monoisotopic (exact) mass is 496 g/mol. The van der Waals surface area contributed by atoms with E-state index in [1.807, 2.05) is 6.92 Å². The van der Waals surface area contributed by atoms with Crippen molar-refractivity contribution >= 4 is 18.4 Å². The van der Waals surface area contributed by atoms with Crippen molar-refractivity contribution in [3.05, 3.63) is 62.9 Å². The van der Waals surface area contributed by atoms with Crippen LogP contribution >= 0.6 is 0 Å². The van der Waals surface area contributed by atoms with Gasteiger partial charge in [-0.15, -0.1) is 0 Å². The zero-order valence-corrected chi connectivity index (χ0v) is 21.6. The molecule has 0 radical (unpaired) electrons. The Kier molecular flexibility index (Phi) is 7.20. The highest BCUT2D eigenvalue weighted by molar-refractivity contribution is 7.86. The van der Waals surface area contributed by atoms with Crippen molar-refractivity contribution in [1.29, 1.82) is 0 Å². The predicted octanol–water partition coefficient (Wildman–Crippen LogP) is 2.93. The number of nitrogens with one attached hydrogen (secondary N) is 1. The minimum Gasteiger partial charge on any atom is -0.411 e. The molecule has 11 heteroatoms. The second-order valence-corrected chi connectivity index (χ2v) is 16.2. The van der Waals surface area contributed by atoms with Crippen LogP contribution in [0, 0.1) is 6.92 Å². The first-order chi connectivity index (χ1) is 15.2. The number of hydrogen-bond donors (Lipinski definition) is 1. The van der Waals surface area contributed by atoms with Gasteiger partial charge in [0.15, 0.2) is 8.32 Å². The lowest BCUT2D eigenvalue weighted by atomic mass is 10.2. The van der Waals surface area contributed by atoms with E-state index in [4.69, 9.17) is 13.3 Å². The summed E-state index contributed by atoms with van der Waals surface area (Å²) in [5, 5.41) is -0.0840. The Balaban J connectivity index is 1.84. The first-order valence-corrected chi connectivity index (χ1v) is 15.1. The Morgan fingerprint density at radius 3 is 2.36 bits per heavy atom. The standard InChI is InChI=1S/C22H32N2O7SSi/c1-15-7-9-16(10-8-15)32(27,28)29-14-18-17(31-33(5,6)22(2,3)4)13-20(30-18)24-12-11-19(25)23-21(24)26/h7-12,17-18,20H,13-14H2,1-6H3,(H,23,25,26)/t17-,18+,20+/m0/s1. The molecule has 1 aromatic carbocycles. The van der Waals surface area contributed by atoms with E-state index in [2.05, 4.69) is 38.8 Å². The smallest absolute Gasteiger partial charge is 0.330 e. The number of nitrogens with zero attached hydrogens (tertiary/aromatic N) is 1. The normalized spacial score (nSPS) is 21.9. The summed E-state index contributed by atoms with van der Waals surface area (Å²) in [5.41, 5.74) is -0.176. The summed E-state index contributed by atoms with van der Waals surface area (Å²) >= 11 is 0. The maximum Gasteiger partial charge on any atom is 0.330 e. The average molecular weight is 497 g/mol. The summed E-state index contributed by atoms with van der Waals surface area (Å²) in [6.45, 7) is 12.1. The lowest BCUT2D eigenvalue weighted by Gasteiger charge is -2.39. The van der Waals surface area contributed by atoms with E-state index >= 15 is 0 Å². The Hall–Kier alpha value is -2.05. The van der Waals surface area contributed by atoms with Crippen LogP contribution in [0.3, 0.4) is 0 Å². The van der Waals surface area contributed by atoms with Crippen molar-refractivity contribution in [1.82, 2.24) is 9.55 Å².